The third-order valence-corrected chi connectivity index (χ3v) is 25.3. The van der Waals surface area contributed by atoms with Gasteiger partial charge in [-0.1, -0.05) is 190 Å². The molecule has 2 amide bonds. The minimum atomic E-state index is -4.75. The van der Waals surface area contributed by atoms with Crippen molar-refractivity contribution in [2.45, 2.75) is 270 Å². The van der Waals surface area contributed by atoms with Crippen LogP contribution < -0.4 is 15.4 Å². The van der Waals surface area contributed by atoms with Crippen molar-refractivity contribution >= 4 is 51.8 Å². The zero-order chi connectivity index (χ0) is 77.8. The first-order valence-electron chi connectivity index (χ1n) is 37.6. The van der Waals surface area contributed by atoms with E-state index in [1.54, 1.807) is 59.1 Å². The number of methoxy groups -OCH3 is 1. The van der Waals surface area contributed by atoms with Gasteiger partial charge in [0.15, 0.2) is 33.1 Å². The van der Waals surface area contributed by atoms with Crippen molar-refractivity contribution in [3.63, 3.8) is 0 Å². The van der Waals surface area contributed by atoms with Crippen molar-refractivity contribution in [2.24, 2.45) is 0 Å². The molecule has 3 heterocycles. The van der Waals surface area contributed by atoms with Gasteiger partial charge in [0.05, 0.1) is 97.9 Å². The van der Waals surface area contributed by atoms with E-state index in [4.69, 9.17) is 74.8 Å². The molecule has 5 aromatic carbocycles. The van der Waals surface area contributed by atoms with Gasteiger partial charge in [0, 0.05) is 12.8 Å². The highest BCUT2D eigenvalue weighted by atomic mass is 31.2. The van der Waals surface area contributed by atoms with Crippen LogP contribution in [0.5, 0.6) is 5.75 Å². The summed E-state index contributed by atoms with van der Waals surface area (Å²) in [6.45, 7) is 19.6. The summed E-state index contributed by atoms with van der Waals surface area (Å²) in [6, 6.07) is 39.7. The standard InChI is InChI=1S/C81H111N2O23PSi/c1-13-60(93-48-57-38-40-64(91-10)41-39-57)42-67(84)83-74-77(103-71(88)44-61(14-2)94-47-55-32-24-20-25-33-55)75(95-49-56-34-26-21-27-35-56)66(102-80(74)106-108(11,12)81(7,8)9)53-96-79-73(82-68(85)43-62(15-3)99-69(86)17-5)78(104-72(89)45-63(16-4)100-70(87)18-6)76(65(101-79)52-92-46-54-30-22-19-23-31-54)105-107(90)97-50-58-36-28-29-37-59(58)51-98-107/h19-41,60-63,65-66,73-80H,13-18,42-53H2,1-12H3,(H,82,85)(H,83,84)/t60-,61-,62-,63-,65?,66?,73?,74?,75-,76-,77-,78-,79-,80+/m1/s1. The number of carbonyl (C=O) groups excluding carboxylic acids is 6. The van der Waals surface area contributed by atoms with Crippen LogP contribution in [0.4, 0.5) is 0 Å². The average molecular weight is 1540 g/mol. The minimum absolute atomic E-state index is 0.0111. The molecule has 2 fully saturated rings. The molecule has 3 aliphatic rings. The third kappa shape index (κ3) is 26.5. The highest BCUT2D eigenvalue weighted by Crippen LogP contribution is 2.55. The van der Waals surface area contributed by atoms with Gasteiger partial charge in [-0.2, -0.15) is 0 Å². The second kappa shape index (κ2) is 42.8. The Kier molecular flexibility index (Phi) is 34.2. The molecule has 27 heteroatoms. The van der Waals surface area contributed by atoms with E-state index < -0.39 is 162 Å². The summed E-state index contributed by atoms with van der Waals surface area (Å²) in [4.78, 5) is 85.9. The summed E-state index contributed by atoms with van der Waals surface area (Å²) in [5.74, 6) is -3.30. The number of benzene rings is 5. The molecular weight excluding hydrogens is 1430 g/mol. The number of esters is 4. The maximum atomic E-state index is 15.4. The molecule has 8 rings (SSSR count). The minimum Gasteiger partial charge on any atom is -0.497 e. The smallest absolute Gasteiger partial charge is 0.475 e. The summed E-state index contributed by atoms with van der Waals surface area (Å²) >= 11 is 0. The molecule has 2 saturated heterocycles. The number of fused-ring (bicyclic) bond motifs is 1. The number of ether oxygens (including phenoxy) is 12. The third-order valence-electron chi connectivity index (χ3n) is 19.5. The Balaban J connectivity index is 1.26. The van der Waals surface area contributed by atoms with E-state index in [0.29, 0.717) is 35.3 Å². The van der Waals surface area contributed by atoms with Crippen LogP contribution in [0, 0.1) is 0 Å². The van der Waals surface area contributed by atoms with Crippen molar-refractivity contribution in [2.75, 3.05) is 20.3 Å². The fourth-order valence-corrected chi connectivity index (χ4v) is 14.5. The van der Waals surface area contributed by atoms with Crippen LogP contribution >= 0.6 is 7.82 Å². The molecule has 3 aliphatic heterocycles. The van der Waals surface area contributed by atoms with Gasteiger partial charge in [0.2, 0.25) is 11.8 Å². The van der Waals surface area contributed by atoms with Crippen molar-refractivity contribution in [1.29, 1.82) is 0 Å². The molecule has 0 aliphatic carbocycles. The lowest BCUT2D eigenvalue weighted by Crippen LogP contribution is -2.69. The predicted octanol–water partition coefficient (Wildman–Crippen LogP) is 13.3. The normalized spacial score (nSPS) is 22.5. The van der Waals surface area contributed by atoms with Gasteiger partial charge in [-0.25, -0.2) is 4.57 Å². The summed E-state index contributed by atoms with van der Waals surface area (Å²) in [5.41, 5.74) is 4.56. The number of phosphoric acid groups is 1. The fourth-order valence-electron chi connectivity index (χ4n) is 12.0. The van der Waals surface area contributed by atoms with Gasteiger partial charge in [0.25, 0.3) is 0 Å². The molecule has 0 spiro atoms. The lowest BCUT2D eigenvalue weighted by molar-refractivity contribution is -0.302. The molecule has 25 nitrogen and oxygen atoms in total. The van der Waals surface area contributed by atoms with Crippen molar-refractivity contribution in [1.82, 2.24) is 10.6 Å². The van der Waals surface area contributed by atoms with Crippen LogP contribution in [0.15, 0.2) is 140 Å². The van der Waals surface area contributed by atoms with Crippen molar-refractivity contribution in [3.8, 4) is 5.75 Å². The highest BCUT2D eigenvalue weighted by Gasteiger charge is 2.57. The van der Waals surface area contributed by atoms with Crippen LogP contribution in [-0.4, -0.2) is 150 Å². The van der Waals surface area contributed by atoms with E-state index in [9.17, 15) is 14.4 Å². The van der Waals surface area contributed by atoms with Gasteiger partial charge in [0.1, 0.15) is 54.5 Å². The lowest BCUT2D eigenvalue weighted by Gasteiger charge is -2.50. The maximum absolute atomic E-state index is 15.4. The zero-order valence-corrected chi connectivity index (χ0v) is 66.3. The maximum Gasteiger partial charge on any atom is 0.475 e. The van der Waals surface area contributed by atoms with Crippen LogP contribution in [0.25, 0.3) is 0 Å². The summed E-state index contributed by atoms with van der Waals surface area (Å²) in [5, 5.41) is 5.71. The number of amides is 2. The van der Waals surface area contributed by atoms with Crippen LogP contribution in [-0.2, 0) is 143 Å². The van der Waals surface area contributed by atoms with E-state index in [-0.39, 0.29) is 84.8 Å². The molecule has 108 heavy (non-hydrogen) atoms. The number of rotatable bonds is 41. The Morgan fingerprint density at radius 1 is 0.491 bits per heavy atom. The van der Waals surface area contributed by atoms with Gasteiger partial charge >= 0.3 is 31.7 Å². The molecule has 0 saturated carbocycles. The molecular formula is C81H111N2O23PSi. The van der Waals surface area contributed by atoms with Crippen molar-refractivity contribution < 1.29 is 108 Å². The molecule has 5 aromatic rings. The topological polar surface area (TPSA) is 291 Å². The number of carbonyl (C=O) groups is 6. The number of nitrogens with one attached hydrogen (secondary N) is 2. The summed E-state index contributed by atoms with van der Waals surface area (Å²) in [6.07, 6.45) is -15.2. The van der Waals surface area contributed by atoms with Crippen molar-refractivity contribution in [3.05, 3.63) is 173 Å². The molecule has 2 N–H and O–H groups in total. The monoisotopic (exact) mass is 1540 g/mol. The Hall–Kier alpha value is -7.27. The van der Waals surface area contributed by atoms with E-state index in [1.807, 2.05) is 163 Å². The van der Waals surface area contributed by atoms with Gasteiger partial charge in [-0.3, -0.25) is 42.3 Å². The Labute approximate surface area is 636 Å². The Morgan fingerprint density at radius 3 is 1.42 bits per heavy atom. The second-order valence-electron chi connectivity index (χ2n) is 28.6. The largest absolute Gasteiger partial charge is 0.497 e. The van der Waals surface area contributed by atoms with Crippen LogP contribution in [0.3, 0.4) is 0 Å². The number of hydrogen-bond donors (Lipinski definition) is 2. The van der Waals surface area contributed by atoms with E-state index in [1.165, 1.54) is 0 Å². The fraction of sp³-hybridized carbons (Fsp3) is 0.556. The van der Waals surface area contributed by atoms with Gasteiger partial charge < -0.3 is 71.9 Å². The molecule has 14 atom stereocenters. The van der Waals surface area contributed by atoms with E-state index in [0.717, 1.165) is 16.7 Å². The predicted molar refractivity (Wildman–Crippen MR) is 401 cm³/mol. The second-order valence-corrected chi connectivity index (χ2v) is 34.9. The first kappa shape index (κ1) is 86.3. The molecule has 0 radical (unpaired) electrons. The molecule has 0 aromatic heterocycles. The number of phosphoric ester groups is 1. The summed E-state index contributed by atoms with van der Waals surface area (Å²) < 4.78 is 119. The lowest BCUT2D eigenvalue weighted by atomic mass is 9.95. The average Bonchev–Trinajstić information content (AvgIpc) is 0.960. The van der Waals surface area contributed by atoms with E-state index >= 15 is 18.9 Å². The Morgan fingerprint density at radius 2 is 0.917 bits per heavy atom. The summed E-state index contributed by atoms with van der Waals surface area (Å²) in [7, 11) is -6.18. The first-order valence-corrected chi connectivity index (χ1v) is 42.0. The molecule has 0 bridgehead atoms. The van der Waals surface area contributed by atoms with Crippen LogP contribution in [0.2, 0.25) is 18.1 Å². The highest BCUT2D eigenvalue weighted by molar-refractivity contribution is 7.48. The quantitative estimate of drug-likeness (QED) is 0.0159. The van der Waals surface area contributed by atoms with E-state index in [2.05, 4.69) is 10.6 Å². The number of hydrogen-bond acceptors (Lipinski definition) is 23. The molecule has 4 unspecified atom stereocenters. The van der Waals surface area contributed by atoms with Crippen LogP contribution in [0.1, 0.15) is 160 Å². The first-order chi connectivity index (χ1) is 51.8. The van der Waals surface area contributed by atoms with Gasteiger partial charge in [-0.15, -0.1) is 0 Å². The SMILES string of the molecule is CCC(=O)O[C@H](CC)CC(=O)NC1[C@H](OCC2O[C@@H](O[Si](C)(C)C(C)(C)C)C(NC(=O)C[C@@H](CC)OCc3ccc(OC)cc3)[C@@H](OC(=O)C[C@@H](CC)OCc3ccccc3)[C@@H]2OCc2ccccc2)OC(COCc2ccccc2)[C@@H](OP2(=O)OCc3ccccc3CO2)[C@@H]1OC(=O)C[C@@H](CC)OC(=O)CC. The molecule has 592 valence electrons. The zero-order valence-electron chi connectivity index (χ0n) is 64.4. The van der Waals surface area contributed by atoms with Gasteiger partial charge in [-0.05, 0) is 89.3 Å². The Bertz CT molecular complexity index is 3620.